The molecule has 0 aliphatic heterocycles. The predicted octanol–water partition coefficient (Wildman–Crippen LogP) is 3.12. The van der Waals surface area contributed by atoms with E-state index in [9.17, 15) is 67.7 Å². The van der Waals surface area contributed by atoms with Gasteiger partial charge in [0, 0.05) is 51.4 Å². The van der Waals surface area contributed by atoms with Crippen LogP contribution < -0.4 is 83.4 Å². The number of halogens is 21. The first-order valence-electron chi connectivity index (χ1n) is 22.8. The van der Waals surface area contributed by atoms with Crippen LogP contribution in [-0.4, -0.2) is 59.3 Å². The van der Waals surface area contributed by atoms with Gasteiger partial charge in [0.15, 0.2) is 29.4 Å². The quantitative estimate of drug-likeness (QED) is 0.0808. The summed E-state index contributed by atoms with van der Waals surface area (Å²) in [6, 6.07) is 65.2. The molecule has 0 bridgehead atoms. The fourth-order valence-electron chi connectivity index (χ4n) is 7.46. The van der Waals surface area contributed by atoms with Crippen LogP contribution in [0.25, 0.3) is 33.2 Å². The number of rotatable bonds is 7. The molecule has 84 heavy (non-hydrogen) atoms. The van der Waals surface area contributed by atoms with Crippen molar-refractivity contribution in [3.8, 4) is 28.0 Å². The van der Waals surface area contributed by atoms with Gasteiger partial charge in [0.25, 0.3) is 3.57 Å². The summed E-state index contributed by atoms with van der Waals surface area (Å²) in [6.07, 6.45) is 0. The third-order valence-corrected chi connectivity index (χ3v) is 18.9. The molecule has 0 saturated heterocycles. The summed E-state index contributed by atoms with van der Waals surface area (Å²) in [5.41, 5.74) is 9.07. The van der Waals surface area contributed by atoms with E-state index in [1.807, 2.05) is 97.9 Å². The SMILES string of the molecule is COc1ccc2c(C)c([I+]c3ccccc3)c(=O)oc2c1.F[P-](F)(F)(F)(F)F.O=C1c2ccccc2-c2ccc([I+]c3ccccc3)cc21.O=C1c2ccccc2-c2ccc([I+]c3ccccc3)cc21.[F-].[F-].[F][Sb]([F])([F])([F])[F].[F][Sb]([F])([F])([F])[F]. The fourth-order valence-corrected chi connectivity index (χ4v) is 14.5. The van der Waals surface area contributed by atoms with Crippen LogP contribution in [0.1, 0.15) is 37.4 Å². The fraction of sp³-hybridized carbons (Fsp3) is 0.0364. The Kier molecular flexibility index (Phi) is 23.4. The molecule has 0 saturated carbocycles. The first-order valence-corrected chi connectivity index (χ1v) is 41.0. The molecule has 2 aliphatic carbocycles. The molecule has 5 nitrogen and oxygen atoms in total. The average Bonchev–Trinajstić information content (AvgIpc) is 3.03. The van der Waals surface area contributed by atoms with Gasteiger partial charge in [-0.15, -0.1) is 0 Å². The minimum atomic E-state index is -10.7. The molecule has 9 aromatic rings. The standard InChI is InChI=1S/2C19H12IO.C17H14IO3.F6P.12FH.2Sb/c2*21-19-17-9-5-4-8-15(17)16-11-10-14(12-18(16)19)20-13-6-2-1-3-7-13;1-11-14-9-8-13(20-2)10-15(14)21-17(19)16(11)18-12-6-4-3-5-7-12;1-7(2,3,4,5)6;;;;;;;;;;;;;;/h2*1-12H;3-10H,1-2H3;;12*1H;;/q3*+1;-1;;;;;;;;;;;;;2*+5/p-12. The summed E-state index contributed by atoms with van der Waals surface area (Å²) in [4.78, 5) is 37.3. The van der Waals surface area contributed by atoms with Crippen LogP contribution in [0, 0.1) is 28.3 Å². The molecule has 29 heteroatoms. The van der Waals surface area contributed by atoms with Gasteiger partial charge in [-0.1, -0.05) is 103 Å². The van der Waals surface area contributed by atoms with Gasteiger partial charge in [-0.25, -0.2) is 4.79 Å². The van der Waals surface area contributed by atoms with Gasteiger partial charge in [-0.3, -0.25) is 9.59 Å². The normalized spacial score (nSPS) is 13.4. The van der Waals surface area contributed by atoms with Gasteiger partial charge in [-0.05, 0) is 102 Å². The second-order valence-corrected chi connectivity index (χ2v) is 34.9. The maximum absolute atomic E-state index is 12.5. The van der Waals surface area contributed by atoms with E-state index in [0.29, 0.717) is 11.3 Å². The van der Waals surface area contributed by atoms with Gasteiger partial charge in [0.2, 0.25) is 0 Å². The first-order chi connectivity index (χ1) is 37.8. The molecule has 8 aromatic carbocycles. The van der Waals surface area contributed by atoms with Crippen LogP contribution in [0.5, 0.6) is 5.75 Å². The Morgan fingerprint density at radius 2 is 0.702 bits per heavy atom. The van der Waals surface area contributed by atoms with E-state index in [1.54, 1.807) is 13.2 Å². The third kappa shape index (κ3) is 24.8. The number of ether oxygens (including phenoxy) is 1. The van der Waals surface area contributed by atoms with E-state index in [2.05, 4.69) is 97.1 Å². The maximum atomic E-state index is 12.5. The predicted molar refractivity (Wildman–Crippen MR) is 272 cm³/mol. The summed E-state index contributed by atoms with van der Waals surface area (Å²) in [5, 5.41) is 0.973. The number of fused-ring (bicyclic) bond motifs is 7. The van der Waals surface area contributed by atoms with Gasteiger partial charge >= 0.3 is 171 Å². The number of hydrogen-bond donors (Lipinski definition) is 0. The Labute approximate surface area is 506 Å². The molecule has 1 heterocycles. The number of methoxy groups -OCH3 is 1. The number of ketones is 2. The molecule has 450 valence electrons. The van der Waals surface area contributed by atoms with Gasteiger partial charge in [-0.2, -0.15) is 0 Å². The number of carbonyl (C=O) groups excluding carboxylic acids is 2. The second-order valence-electron chi connectivity index (χ2n) is 16.7. The summed E-state index contributed by atoms with van der Waals surface area (Å²) in [7, 11) is -9.06. The van der Waals surface area contributed by atoms with Crippen molar-refractivity contribution in [2.24, 2.45) is 0 Å². The van der Waals surface area contributed by atoms with E-state index in [4.69, 9.17) is 9.15 Å². The number of carbonyl (C=O) groups is 2. The topological polar surface area (TPSA) is 73.6 Å². The summed E-state index contributed by atoms with van der Waals surface area (Å²) >= 11 is -19.4. The van der Waals surface area contributed by atoms with E-state index in [1.165, 1.54) is 17.9 Å². The van der Waals surface area contributed by atoms with Crippen LogP contribution in [0.15, 0.2) is 203 Å². The van der Waals surface area contributed by atoms with E-state index in [0.717, 1.165) is 59.0 Å². The zero-order valence-electron chi connectivity index (χ0n) is 42.3. The molecular formula is C55H38F18I3O5PSb2. The minimum absolute atomic E-state index is 0. The van der Waals surface area contributed by atoms with Gasteiger partial charge < -0.3 is 18.6 Å². The van der Waals surface area contributed by atoms with E-state index in [-0.39, 0.29) is 69.0 Å². The van der Waals surface area contributed by atoms with Crippen molar-refractivity contribution >= 4 is 70.9 Å². The molecule has 0 N–H and O–H groups in total. The van der Waals surface area contributed by atoms with Crippen LogP contribution in [0.4, 0.5) is 53.3 Å². The second kappa shape index (κ2) is 27.4. The Morgan fingerprint density at radius 1 is 0.393 bits per heavy atom. The molecule has 11 rings (SSSR count). The molecule has 0 spiro atoms. The van der Waals surface area contributed by atoms with Gasteiger partial charge in [0.05, 0.1) is 7.11 Å². The molecule has 0 fully saturated rings. The van der Waals surface area contributed by atoms with E-state index < -0.39 is 69.6 Å². The molecule has 0 amide bonds. The van der Waals surface area contributed by atoms with Crippen molar-refractivity contribution in [2.75, 3.05) is 7.11 Å². The molecule has 0 radical (unpaired) electrons. The summed E-state index contributed by atoms with van der Waals surface area (Å²) in [5.74, 6) is 1.02. The zero-order valence-corrected chi connectivity index (χ0v) is 54.8. The van der Waals surface area contributed by atoms with Crippen molar-refractivity contribution in [1.29, 1.82) is 0 Å². The number of aryl methyl sites for hydroxylation is 1. The molecule has 2 aliphatic rings. The van der Waals surface area contributed by atoms with Crippen LogP contribution in [0.3, 0.4) is 0 Å². The van der Waals surface area contributed by atoms with Gasteiger partial charge in [0.1, 0.15) is 11.3 Å². The first kappa shape index (κ1) is 71.6. The Bertz CT molecular complexity index is 3650. The van der Waals surface area contributed by atoms with Crippen molar-refractivity contribution in [3.63, 3.8) is 0 Å². The Balaban J connectivity index is 0.000000232. The Morgan fingerprint density at radius 3 is 1.05 bits per heavy atom. The van der Waals surface area contributed by atoms with Crippen LogP contribution in [0.2, 0.25) is 0 Å². The molecular weight excluding hydrogens is 1740 g/mol. The van der Waals surface area contributed by atoms with Crippen LogP contribution >= 0.6 is 7.81 Å². The van der Waals surface area contributed by atoms with Crippen molar-refractivity contribution in [3.05, 3.63) is 254 Å². The van der Waals surface area contributed by atoms with Crippen LogP contribution in [-0.2, 0) is 0 Å². The molecule has 0 unspecified atom stereocenters. The average molecular weight is 1780 g/mol. The summed E-state index contributed by atoms with van der Waals surface area (Å²) < 4.78 is 176. The zero-order chi connectivity index (χ0) is 60.6. The number of benzene rings is 8. The van der Waals surface area contributed by atoms with Crippen molar-refractivity contribution < 1.29 is 145 Å². The van der Waals surface area contributed by atoms with Crippen molar-refractivity contribution in [1.82, 2.24) is 0 Å². The molecule has 1 aromatic heterocycles. The molecule has 0 atom stereocenters. The third-order valence-electron chi connectivity index (χ3n) is 10.5. The Hall–Kier alpha value is -4.89. The van der Waals surface area contributed by atoms with E-state index >= 15 is 0 Å². The number of hydrogen-bond acceptors (Lipinski definition) is 5. The van der Waals surface area contributed by atoms with Crippen molar-refractivity contribution in [2.45, 2.75) is 6.92 Å². The monoisotopic (exact) mass is 1770 g/mol. The summed E-state index contributed by atoms with van der Waals surface area (Å²) in [6.45, 7) is 1.99.